The Morgan fingerprint density at radius 1 is 1.22 bits per heavy atom. The van der Waals surface area contributed by atoms with Gasteiger partial charge in [0, 0.05) is 25.6 Å². The van der Waals surface area contributed by atoms with Gasteiger partial charge >= 0.3 is 0 Å². The SMILES string of the molecule is CC(C)(C)CC(=O)NC1CCN(C(=O)c2ccccc2F)CC1. The van der Waals surface area contributed by atoms with E-state index in [4.69, 9.17) is 0 Å². The van der Waals surface area contributed by atoms with Crippen LogP contribution in [-0.2, 0) is 4.79 Å². The summed E-state index contributed by atoms with van der Waals surface area (Å²) in [6, 6.07) is 6.13. The molecule has 1 aliphatic rings. The van der Waals surface area contributed by atoms with Crippen molar-refractivity contribution in [2.75, 3.05) is 13.1 Å². The molecule has 0 aliphatic carbocycles. The summed E-state index contributed by atoms with van der Waals surface area (Å²) in [5, 5.41) is 3.04. The monoisotopic (exact) mass is 320 g/mol. The molecule has 1 fully saturated rings. The maximum atomic E-state index is 13.7. The van der Waals surface area contributed by atoms with E-state index < -0.39 is 5.82 Å². The van der Waals surface area contributed by atoms with E-state index in [0.717, 1.165) is 0 Å². The lowest BCUT2D eigenvalue weighted by Gasteiger charge is -2.33. The van der Waals surface area contributed by atoms with Gasteiger partial charge < -0.3 is 10.2 Å². The first kappa shape index (κ1) is 17.4. The minimum absolute atomic E-state index is 0.0361. The highest BCUT2D eigenvalue weighted by Crippen LogP contribution is 2.20. The summed E-state index contributed by atoms with van der Waals surface area (Å²) in [5.74, 6) is -0.711. The van der Waals surface area contributed by atoms with Crippen molar-refractivity contribution >= 4 is 11.8 Å². The maximum Gasteiger partial charge on any atom is 0.256 e. The highest BCUT2D eigenvalue weighted by molar-refractivity contribution is 5.94. The maximum absolute atomic E-state index is 13.7. The first-order valence-electron chi connectivity index (χ1n) is 8.09. The van der Waals surface area contributed by atoms with E-state index in [9.17, 15) is 14.0 Å². The molecule has 0 unspecified atom stereocenters. The average Bonchev–Trinajstić information content (AvgIpc) is 2.46. The van der Waals surface area contributed by atoms with Crippen molar-refractivity contribution < 1.29 is 14.0 Å². The van der Waals surface area contributed by atoms with E-state index in [1.165, 1.54) is 12.1 Å². The molecular formula is C18H25FN2O2. The molecule has 4 nitrogen and oxygen atoms in total. The Morgan fingerprint density at radius 3 is 2.39 bits per heavy atom. The topological polar surface area (TPSA) is 49.4 Å². The molecule has 5 heteroatoms. The number of nitrogens with zero attached hydrogens (tertiary/aromatic N) is 1. The van der Waals surface area contributed by atoms with Gasteiger partial charge in [0.2, 0.25) is 5.91 Å². The Bertz CT molecular complexity index is 573. The number of benzene rings is 1. The second-order valence-corrected chi connectivity index (χ2v) is 7.35. The lowest BCUT2D eigenvalue weighted by atomic mass is 9.91. The van der Waals surface area contributed by atoms with Gasteiger partial charge in [-0.25, -0.2) is 4.39 Å². The van der Waals surface area contributed by atoms with Gasteiger partial charge in [0.15, 0.2) is 0 Å². The zero-order valence-electron chi connectivity index (χ0n) is 14.1. The van der Waals surface area contributed by atoms with Gasteiger partial charge in [0.1, 0.15) is 5.82 Å². The molecule has 1 saturated heterocycles. The molecule has 0 spiro atoms. The number of likely N-dealkylation sites (tertiary alicyclic amines) is 1. The van der Waals surface area contributed by atoms with Crippen molar-refractivity contribution in [3.63, 3.8) is 0 Å². The summed E-state index contributed by atoms with van der Waals surface area (Å²) < 4.78 is 13.7. The fraction of sp³-hybridized carbons (Fsp3) is 0.556. The number of rotatable bonds is 3. The largest absolute Gasteiger partial charge is 0.353 e. The van der Waals surface area contributed by atoms with Crippen molar-refractivity contribution in [2.24, 2.45) is 5.41 Å². The van der Waals surface area contributed by atoms with Gasteiger partial charge in [-0.3, -0.25) is 9.59 Å². The number of hydrogen-bond acceptors (Lipinski definition) is 2. The van der Waals surface area contributed by atoms with Crippen LogP contribution in [0.25, 0.3) is 0 Å². The van der Waals surface area contributed by atoms with Crippen LogP contribution in [0, 0.1) is 11.2 Å². The Labute approximate surface area is 137 Å². The van der Waals surface area contributed by atoms with E-state index in [0.29, 0.717) is 32.4 Å². The summed E-state index contributed by atoms with van der Waals surface area (Å²) >= 11 is 0. The molecule has 23 heavy (non-hydrogen) atoms. The summed E-state index contributed by atoms with van der Waals surface area (Å²) in [4.78, 5) is 26.0. The molecule has 0 atom stereocenters. The predicted octanol–water partition coefficient (Wildman–Crippen LogP) is 2.98. The first-order valence-corrected chi connectivity index (χ1v) is 8.09. The van der Waals surface area contributed by atoms with E-state index in [-0.39, 0.29) is 28.8 Å². The molecule has 0 radical (unpaired) electrons. The van der Waals surface area contributed by atoms with Gasteiger partial charge in [-0.2, -0.15) is 0 Å². The Morgan fingerprint density at radius 2 is 1.83 bits per heavy atom. The predicted molar refractivity (Wildman–Crippen MR) is 87.5 cm³/mol. The highest BCUT2D eigenvalue weighted by Gasteiger charge is 2.26. The highest BCUT2D eigenvalue weighted by atomic mass is 19.1. The normalized spacial score (nSPS) is 16.3. The molecule has 1 heterocycles. The van der Waals surface area contributed by atoms with Crippen LogP contribution in [0.1, 0.15) is 50.4 Å². The number of carbonyl (C=O) groups is 2. The second kappa shape index (κ2) is 7.11. The number of halogens is 1. The molecule has 0 bridgehead atoms. The Balaban J connectivity index is 1.85. The van der Waals surface area contributed by atoms with Crippen LogP contribution in [0.2, 0.25) is 0 Å². The van der Waals surface area contributed by atoms with Crippen LogP contribution >= 0.6 is 0 Å². The fourth-order valence-electron chi connectivity index (χ4n) is 2.79. The van der Waals surface area contributed by atoms with Gasteiger partial charge in [-0.15, -0.1) is 0 Å². The molecule has 1 aromatic carbocycles. The van der Waals surface area contributed by atoms with Crippen LogP contribution < -0.4 is 5.32 Å². The van der Waals surface area contributed by atoms with E-state index in [2.05, 4.69) is 5.32 Å². The third-order valence-corrected chi connectivity index (χ3v) is 3.94. The number of nitrogens with one attached hydrogen (secondary N) is 1. The number of piperidine rings is 1. The zero-order valence-corrected chi connectivity index (χ0v) is 14.1. The first-order chi connectivity index (χ1) is 10.8. The summed E-state index contributed by atoms with van der Waals surface area (Å²) in [5.41, 5.74) is 0.0775. The molecule has 1 aliphatic heterocycles. The van der Waals surface area contributed by atoms with Crippen molar-refractivity contribution in [1.29, 1.82) is 0 Å². The van der Waals surface area contributed by atoms with Gasteiger partial charge in [0.25, 0.3) is 5.91 Å². The van der Waals surface area contributed by atoms with Crippen molar-refractivity contribution in [1.82, 2.24) is 10.2 Å². The van der Waals surface area contributed by atoms with Crippen molar-refractivity contribution in [3.8, 4) is 0 Å². The van der Waals surface area contributed by atoms with Crippen molar-refractivity contribution in [3.05, 3.63) is 35.6 Å². The average molecular weight is 320 g/mol. The van der Waals surface area contributed by atoms with Crippen LogP contribution in [-0.4, -0.2) is 35.8 Å². The van der Waals surface area contributed by atoms with E-state index >= 15 is 0 Å². The molecule has 1 aromatic rings. The second-order valence-electron chi connectivity index (χ2n) is 7.35. The van der Waals surface area contributed by atoms with Crippen LogP contribution in [0.4, 0.5) is 4.39 Å². The van der Waals surface area contributed by atoms with Crippen molar-refractivity contribution in [2.45, 2.75) is 46.1 Å². The molecule has 2 rings (SSSR count). The fourth-order valence-corrected chi connectivity index (χ4v) is 2.79. The van der Waals surface area contributed by atoms with E-state index in [1.807, 2.05) is 20.8 Å². The number of hydrogen-bond donors (Lipinski definition) is 1. The molecule has 0 aromatic heterocycles. The quantitative estimate of drug-likeness (QED) is 0.931. The molecular weight excluding hydrogens is 295 g/mol. The molecule has 2 amide bonds. The lowest BCUT2D eigenvalue weighted by molar-refractivity contribution is -0.123. The summed E-state index contributed by atoms with van der Waals surface area (Å²) in [6.07, 6.45) is 1.90. The zero-order chi connectivity index (χ0) is 17.0. The van der Waals surface area contributed by atoms with Gasteiger partial charge in [0.05, 0.1) is 5.56 Å². The van der Waals surface area contributed by atoms with Gasteiger partial charge in [-0.05, 0) is 30.4 Å². The number of amides is 2. The summed E-state index contributed by atoms with van der Waals surface area (Å²) in [7, 11) is 0. The molecule has 1 N–H and O–H groups in total. The van der Waals surface area contributed by atoms with Gasteiger partial charge in [-0.1, -0.05) is 32.9 Å². The third kappa shape index (κ3) is 5.05. The third-order valence-electron chi connectivity index (χ3n) is 3.94. The smallest absolute Gasteiger partial charge is 0.256 e. The van der Waals surface area contributed by atoms with E-state index in [1.54, 1.807) is 17.0 Å². The van der Waals surface area contributed by atoms with Crippen LogP contribution in [0.3, 0.4) is 0 Å². The minimum Gasteiger partial charge on any atom is -0.353 e. The number of carbonyl (C=O) groups excluding carboxylic acids is 2. The molecule has 126 valence electrons. The summed E-state index contributed by atoms with van der Waals surface area (Å²) in [6.45, 7) is 7.16. The minimum atomic E-state index is -0.488. The lowest BCUT2D eigenvalue weighted by Crippen LogP contribution is -2.47. The van der Waals surface area contributed by atoms with Crippen LogP contribution in [0.5, 0.6) is 0 Å². The molecule has 0 saturated carbocycles. The standard InChI is InChI=1S/C18H25FN2O2/c1-18(2,3)12-16(22)20-13-8-10-21(11-9-13)17(23)14-6-4-5-7-15(14)19/h4-7,13H,8-12H2,1-3H3,(H,20,22). The van der Waals surface area contributed by atoms with Crippen LogP contribution in [0.15, 0.2) is 24.3 Å². The Kier molecular flexibility index (Phi) is 5.39. The Hall–Kier alpha value is -1.91.